The number of benzene rings is 2. The van der Waals surface area contributed by atoms with Crippen molar-refractivity contribution in [1.29, 1.82) is 0 Å². The first kappa shape index (κ1) is 19.6. The molecule has 7 heteroatoms. The van der Waals surface area contributed by atoms with Gasteiger partial charge in [0.1, 0.15) is 5.75 Å². The fraction of sp³-hybridized carbons (Fsp3) is 0.300. The standard InChI is InChI=1S/C20H21ClN2O3S/c1-26-18-5-3-2-4-17(18)23-13-14(12-19(23)24)20(25)22-10-11-27-16-8-6-15(21)7-9-16/h2-9,14H,10-13H2,1H3,(H,22,25). The number of hydrogen-bond acceptors (Lipinski definition) is 4. The lowest BCUT2D eigenvalue weighted by molar-refractivity contribution is -0.126. The van der Waals surface area contributed by atoms with Crippen LogP contribution in [0.2, 0.25) is 5.02 Å². The van der Waals surface area contributed by atoms with Gasteiger partial charge < -0.3 is 15.0 Å². The summed E-state index contributed by atoms with van der Waals surface area (Å²) in [6, 6.07) is 14.9. The van der Waals surface area contributed by atoms with Crippen LogP contribution in [0.15, 0.2) is 53.4 Å². The second-order valence-electron chi connectivity index (χ2n) is 6.17. The van der Waals surface area contributed by atoms with Crippen molar-refractivity contribution in [2.45, 2.75) is 11.3 Å². The Morgan fingerprint density at radius 3 is 2.74 bits per heavy atom. The molecule has 0 aliphatic carbocycles. The molecule has 2 aromatic rings. The number of halogens is 1. The van der Waals surface area contributed by atoms with Crippen molar-refractivity contribution < 1.29 is 14.3 Å². The molecule has 1 aliphatic rings. The van der Waals surface area contributed by atoms with Gasteiger partial charge in [-0.3, -0.25) is 9.59 Å². The highest BCUT2D eigenvalue weighted by molar-refractivity contribution is 7.99. The lowest BCUT2D eigenvalue weighted by Gasteiger charge is -2.19. The normalized spacial score (nSPS) is 16.4. The second-order valence-corrected chi connectivity index (χ2v) is 7.78. The molecule has 0 radical (unpaired) electrons. The largest absolute Gasteiger partial charge is 0.495 e. The molecule has 1 heterocycles. The highest BCUT2D eigenvalue weighted by atomic mass is 35.5. The average Bonchev–Trinajstić information content (AvgIpc) is 3.08. The number of carbonyl (C=O) groups is 2. The molecule has 27 heavy (non-hydrogen) atoms. The molecule has 0 spiro atoms. The highest BCUT2D eigenvalue weighted by Crippen LogP contribution is 2.32. The molecule has 0 saturated carbocycles. The molecule has 1 saturated heterocycles. The van der Waals surface area contributed by atoms with E-state index in [4.69, 9.17) is 16.3 Å². The predicted molar refractivity (Wildman–Crippen MR) is 109 cm³/mol. The van der Waals surface area contributed by atoms with Crippen LogP contribution in [0.3, 0.4) is 0 Å². The first-order valence-corrected chi connectivity index (χ1v) is 10.0. The van der Waals surface area contributed by atoms with E-state index >= 15 is 0 Å². The van der Waals surface area contributed by atoms with E-state index in [1.807, 2.05) is 48.5 Å². The summed E-state index contributed by atoms with van der Waals surface area (Å²) in [5, 5.41) is 3.64. The maximum absolute atomic E-state index is 12.4. The Bertz CT molecular complexity index is 813. The van der Waals surface area contributed by atoms with Crippen LogP contribution in [0.5, 0.6) is 5.75 Å². The van der Waals surface area contributed by atoms with Gasteiger partial charge in [-0.05, 0) is 36.4 Å². The zero-order chi connectivity index (χ0) is 19.2. The number of amides is 2. The van der Waals surface area contributed by atoms with Gasteiger partial charge in [-0.25, -0.2) is 0 Å². The zero-order valence-electron chi connectivity index (χ0n) is 15.0. The first-order chi connectivity index (χ1) is 13.1. The minimum absolute atomic E-state index is 0.0600. The van der Waals surface area contributed by atoms with Crippen molar-refractivity contribution in [2.75, 3.05) is 30.9 Å². The summed E-state index contributed by atoms with van der Waals surface area (Å²) in [6.45, 7) is 0.918. The molecule has 3 rings (SSSR count). The number of para-hydroxylation sites is 2. The zero-order valence-corrected chi connectivity index (χ0v) is 16.6. The fourth-order valence-electron chi connectivity index (χ4n) is 2.99. The van der Waals surface area contributed by atoms with Crippen molar-refractivity contribution in [2.24, 2.45) is 5.92 Å². The molecule has 5 nitrogen and oxygen atoms in total. The summed E-state index contributed by atoms with van der Waals surface area (Å²) >= 11 is 7.52. The number of carbonyl (C=O) groups excluding carboxylic acids is 2. The van der Waals surface area contributed by atoms with E-state index in [-0.39, 0.29) is 24.2 Å². The lowest BCUT2D eigenvalue weighted by Crippen LogP contribution is -2.34. The summed E-state index contributed by atoms with van der Waals surface area (Å²) in [5.41, 5.74) is 0.707. The van der Waals surface area contributed by atoms with E-state index in [0.29, 0.717) is 29.5 Å². The van der Waals surface area contributed by atoms with Gasteiger partial charge >= 0.3 is 0 Å². The number of anilines is 1. The van der Waals surface area contributed by atoms with Crippen LogP contribution in [0, 0.1) is 5.92 Å². The molecule has 1 unspecified atom stereocenters. The number of thioether (sulfide) groups is 1. The first-order valence-electron chi connectivity index (χ1n) is 8.68. The van der Waals surface area contributed by atoms with Gasteiger partial charge in [0.2, 0.25) is 11.8 Å². The molecule has 142 valence electrons. The fourth-order valence-corrected chi connectivity index (χ4v) is 3.88. The van der Waals surface area contributed by atoms with Crippen LogP contribution in [0.25, 0.3) is 0 Å². The van der Waals surface area contributed by atoms with Crippen LogP contribution in [-0.2, 0) is 9.59 Å². The van der Waals surface area contributed by atoms with Crippen molar-refractivity contribution >= 4 is 40.9 Å². The third-order valence-electron chi connectivity index (χ3n) is 4.36. The molecule has 1 N–H and O–H groups in total. The smallest absolute Gasteiger partial charge is 0.227 e. The van der Waals surface area contributed by atoms with Gasteiger partial charge in [0, 0.05) is 35.2 Å². The van der Waals surface area contributed by atoms with Crippen molar-refractivity contribution in [1.82, 2.24) is 5.32 Å². The quantitative estimate of drug-likeness (QED) is 0.565. The van der Waals surface area contributed by atoms with E-state index in [1.54, 1.807) is 23.8 Å². The Morgan fingerprint density at radius 1 is 1.26 bits per heavy atom. The van der Waals surface area contributed by atoms with Gasteiger partial charge in [0.15, 0.2) is 0 Å². The number of ether oxygens (including phenoxy) is 1. The molecule has 1 aliphatic heterocycles. The highest BCUT2D eigenvalue weighted by Gasteiger charge is 2.36. The SMILES string of the molecule is COc1ccccc1N1CC(C(=O)NCCSc2ccc(Cl)cc2)CC1=O. The van der Waals surface area contributed by atoms with Crippen LogP contribution in [-0.4, -0.2) is 37.8 Å². The lowest BCUT2D eigenvalue weighted by atomic mass is 10.1. The molecule has 0 aromatic heterocycles. The Morgan fingerprint density at radius 2 is 2.00 bits per heavy atom. The van der Waals surface area contributed by atoms with Gasteiger partial charge in [0.25, 0.3) is 0 Å². The van der Waals surface area contributed by atoms with Crippen LogP contribution >= 0.6 is 23.4 Å². The van der Waals surface area contributed by atoms with Crippen LogP contribution < -0.4 is 15.0 Å². The third kappa shape index (κ3) is 4.96. The van der Waals surface area contributed by atoms with Gasteiger partial charge in [-0.15, -0.1) is 11.8 Å². The van der Waals surface area contributed by atoms with Crippen molar-refractivity contribution in [3.63, 3.8) is 0 Å². The number of nitrogens with one attached hydrogen (secondary N) is 1. The number of rotatable bonds is 7. The van der Waals surface area contributed by atoms with E-state index in [1.165, 1.54) is 0 Å². The summed E-state index contributed by atoms with van der Waals surface area (Å²) in [7, 11) is 1.57. The topological polar surface area (TPSA) is 58.6 Å². The number of hydrogen-bond donors (Lipinski definition) is 1. The van der Waals surface area contributed by atoms with Crippen LogP contribution in [0.4, 0.5) is 5.69 Å². The summed E-state index contributed by atoms with van der Waals surface area (Å²) in [6.07, 6.45) is 0.216. The Labute approximate surface area is 168 Å². The van der Waals surface area contributed by atoms with Gasteiger partial charge in [0.05, 0.1) is 18.7 Å². The molecular weight excluding hydrogens is 384 g/mol. The number of methoxy groups -OCH3 is 1. The van der Waals surface area contributed by atoms with Crippen molar-refractivity contribution in [3.8, 4) is 5.75 Å². The van der Waals surface area contributed by atoms with Gasteiger partial charge in [-0.1, -0.05) is 23.7 Å². The Kier molecular flexibility index (Phi) is 6.63. The molecule has 1 fully saturated rings. The maximum Gasteiger partial charge on any atom is 0.227 e. The number of nitrogens with zero attached hydrogens (tertiary/aromatic N) is 1. The monoisotopic (exact) mass is 404 g/mol. The maximum atomic E-state index is 12.4. The Hall–Kier alpha value is -2.18. The molecular formula is C20H21ClN2O3S. The molecule has 2 aromatic carbocycles. The molecule has 1 atom stereocenters. The summed E-state index contributed by atoms with van der Waals surface area (Å²) < 4.78 is 5.33. The summed E-state index contributed by atoms with van der Waals surface area (Å²) in [4.78, 5) is 27.5. The van der Waals surface area contributed by atoms with E-state index in [2.05, 4.69) is 5.32 Å². The third-order valence-corrected chi connectivity index (χ3v) is 5.62. The van der Waals surface area contributed by atoms with Crippen molar-refractivity contribution in [3.05, 3.63) is 53.6 Å². The molecule has 0 bridgehead atoms. The van der Waals surface area contributed by atoms with Crippen LogP contribution in [0.1, 0.15) is 6.42 Å². The minimum atomic E-state index is -0.344. The van der Waals surface area contributed by atoms with Gasteiger partial charge in [-0.2, -0.15) is 0 Å². The summed E-state index contributed by atoms with van der Waals surface area (Å²) in [5.74, 6) is 0.895. The van der Waals surface area contributed by atoms with E-state index < -0.39 is 0 Å². The Balaban J connectivity index is 1.49. The second kappa shape index (κ2) is 9.15. The molecule has 2 amide bonds. The average molecular weight is 405 g/mol. The van der Waals surface area contributed by atoms with E-state index in [9.17, 15) is 9.59 Å². The minimum Gasteiger partial charge on any atom is -0.495 e. The predicted octanol–water partition coefficient (Wildman–Crippen LogP) is 3.61. The van der Waals surface area contributed by atoms with E-state index in [0.717, 1.165) is 10.6 Å².